The van der Waals surface area contributed by atoms with Gasteiger partial charge in [-0.1, -0.05) is 6.42 Å². The molecule has 4 rings (SSSR count). The highest BCUT2D eigenvalue weighted by Gasteiger charge is 2.23. The van der Waals surface area contributed by atoms with Crippen LogP contribution in [-0.2, 0) is 24.4 Å². The van der Waals surface area contributed by atoms with Gasteiger partial charge in [0, 0.05) is 45.6 Å². The topological polar surface area (TPSA) is 33.5 Å². The summed E-state index contributed by atoms with van der Waals surface area (Å²) in [6.45, 7) is 9.96. The van der Waals surface area contributed by atoms with E-state index < -0.39 is 0 Å². The largest absolute Gasteiger partial charge is 0.381 e. The van der Waals surface area contributed by atoms with Gasteiger partial charge in [-0.15, -0.1) is 0 Å². The molecule has 4 heterocycles. The average molecular weight is 318 g/mol. The first kappa shape index (κ1) is 15.6. The molecule has 5 nitrogen and oxygen atoms in total. The summed E-state index contributed by atoms with van der Waals surface area (Å²) in [7, 11) is 0. The van der Waals surface area contributed by atoms with E-state index in [1.807, 2.05) is 0 Å². The lowest BCUT2D eigenvalue weighted by molar-refractivity contribution is 0.0482. The molecule has 1 aromatic heterocycles. The lowest BCUT2D eigenvalue weighted by atomic mass is 9.99. The number of rotatable bonds is 4. The number of likely N-dealkylation sites (tertiary alicyclic amines) is 1. The van der Waals surface area contributed by atoms with Gasteiger partial charge in [0.25, 0.3) is 0 Å². The summed E-state index contributed by atoms with van der Waals surface area (Å²) in [4.78, 5) is 10.1. The molecule has 3 aliphatic rings. The van der Waals surface area contributed by atoms with E-state index >= 15 is 0 Å². The highest BCUT2D eigenvalue weighted by molar-refractivity contribution is 5.06. The van der Waals surface area contributed by atoms with E-state index in [2.05, 4.69) is 20.6 Å². The standard InChI is InChI=1S/C18H30N4O/c1-2-6-20(7-3-1)13-17-14-22-9-8-21(15-18(22)19-17)12-16-4-10-23-11-5-16/h14,16H,1-13,15H2. The Morgan fingerprint density at radius 1 is 1.00 bits per heavy atom. The molecule has 0 amide bonds. The molecular formula is C18H30N4O. The van der Waals surface area contributed by atoms with Crippen molar-refractivity contribution < 1.29 is 4.74 Å². The van der Waals surface area contributed by atoms with Gasteiger partial charge in [-0.2, -0.15) is 0 Å². The van der Waals surface area contributed by atoms with Crippen molar-refractivity contribution >= 4 is 0 Å². The Morgan fingerprint density at radius 3 is 2.65 bits per heavy atom. The fourth-order valence-corrected chi connectivity index (χ4v) is 4.23. The lowest BCUT2D eigenvalue weighted by Crippen LogP contribution is -2.38. The smallest absolute Gasteiger partial charge is 0.123 e. The van der Waals surface area contributed by atoms with Gasteiger partial charge < -0.3 is 9.30 Å². The van der Waals surface area contributed by atoms with Gasteiger partial charge in [-0.25, -0.2) is 4.98 Å². The maximum Gasteiger partial charge on any atom is 0.123 e. The molecule has 0 aromatic carbocycles. The molecule has 128 valence electrons. The molecule has 5 heteroatoms. The third kappa shape index (κ3) is 3.95. The molecule has 3 aliphatic heterocycles. The molecule has 1 aromatic rings. The Morgan fingerprint density at radius 2 is 1.83 bits per heavy atom. The Balaban J connectivity index is 1.33. The van der Waals surface area contributed by atoms with E-state index in [1.165, 1.54) is 69.8 Å². The Labute approximate surface area is 139 Å². The van der Waals surface area contributed by atoms with Crippen molar-refractivity contribution in [3.05, 3.63) is 17.7 Å². The summed E-state index contributed by atoms with van der Waals surface area (Å²) in [6, 6.07) is 0. The average Bonchev–Trinajstić information content (AvgIpc) is 2.98. The van der Waals surface area contributed by atoms with Gasteiger partial charge in [0.2, 0.25) is 0 Å². The molecule has 0 N–H and O–H groups in total. The zero-order chi connectivity index (χ0) is 15.5. The molecule has 0 radical (unpaired) electrons. The summed E-state index contributed by atoms with van der Waals surface area (Å²) in [6.07, 6.45) is 8.86. The lowest BCUT2D eigenvalue weighted by Gasteiger charge is -2.32. The number of aromatic nitrogens is 2. The van der Waals surface area contributed by atoms with Crippen LogP contribution in [0.15, 0.2) is 6.20 Å². The van der Waals surface area contributed by atoms with Crippen LogP contribution < -0.4 is 0 Å². The van der Waals surface area contributed by atoms with Crippen molar-refractivity contribution in [2.24, 2.45) is 5.92 Å². The van der Waals surface area contributed by atoms with Crippen molar-refractivity contribution in [3.8, 4) is 0 Å². The van der Waals surface area contributed by atoms with Gasteiger partial charge in [0.1, 0.15) is 5.82 Å². The third-order valence-corrected chi connectivity index (χ3v) is 5.62. The van der Waals surface area contributed by atoms with E-state index in [0.717, 1.165) is 38.8 Å². The minimum atomic E-state index is 0.818. The number of hydrogen-bond acceptors (Lipinski definition) is 4. The van der Waals surface area contributed by atoms with E-state index in [9.17, 15) is 0 Å². The van der Waals surface area contributed by atoms with Crippen LogP contribution in [0.4, 0.5) is 0 Å². The third-order valence-electron chi connectivity index (χ3n) is 5.62. The van der Waals surface area contributed by atoms with Crippen molar-refractivity contribution in [2.75, 3.05) is 39.4 Å². The number of hydrogen-bond donors (Lipinski definition) is 0. The van der Waals surface area contributed by atoms with Crippen LogP contribution in [0.2, 0.25) is 0 Å². The molecule has 2 fully saturated rings. The maximum absolute atomic E-state index is 5.48. The van der Waals surface area contributed by atoms with Crippen LogP contribution in [0, 0.1) is 5.92 Å². The first-order chi connectivity index (χ1) is 11.4. The minimum absolute atomic E-state index is 0.818. The van der Waals surface area contributed by atoms with Crippen molar-refractivity contribution in [1.29, 1.82) is 0 Å². The first-order valence-corrected chi connectivity index (χ1v) is 9.44. The second kappa shape index (κ2) is 7.32. The second-order valence-electron chi connectivity index (χ2n) is 7.47. The molecule has 0 saturated carbocycles. The van der Waals surface area contributed by atoms with Crippen LogP contribution in [-0.4, -0.2) is 58.7 Å². The molecule has 0 aliphatic carbocycles. The van der Waals surface area contributed by atoms with Gasteiger partial charge in [0.15, 0.2) is 0 Å². The predicted octanol–water partition coefficient (Wildman–Crippen LogP) is 2.11. The zero-order valence-electron chi connectivity index (χ0n) is 14.3. The molecule has 0 bridgehead atoms. The Hall–Kier alpha value is -0.910. The van der Waals surface area contributed by atoms with E-state index in [1.54, 1.807) is 0 Å². The number of nitrogens with zero attached hydrogens (tertiary/aromatic N) is 4. The van der Waals surface area contributed by atoms with Gasteiger partial charge in [-0.05, 0) is 44.7 Å². The number of ether oxygens (including phenoxy) is 1. The fraction of sp³-hybridized carbons (Fsp3) is 0.833. The predicted molar refractivity (Wildman–Crippen MR) is 90.2 cm³/mol. The number of piperidine rings is 1. The van der Waals surface area contributed by atoms with Crippen LogP contribution >= 0.6 is 0 Å². The maximum atomic E-state index is 5.48. The van der Waals surface area contributed by atoms with Crippen LogP contribution in [0.25, 0.3) is 0 Å². The summed E-state index contributed by atoms with van der Waals surface area (Å²) in [5.74, 6) is 2.09. The first-order valence-electron chi connectivity index (χ1n) is 9.44. The van der Waals surface area contributed by atoms with Crippen molar-refractivity contribution in [3.63, 3.8) is 0 Å². The van der Waals surface area contributed by atoms with Gasteiger partial charge >= 0.3 is 0 Å². The van der Waals surface area contributed by atoms with E-state index in [0.29, 0.717) is 0 Å². The van der Waals surface area contributed by atoms with E-state index in [4.69, 9.17) is 9.72 Å². The Bertz CT molecular complexity index is 503. The zero-order valence-corrected chi connectivity index (χ0v) is 14.3. The fourth-order valence-electron chi connectivity index (χ4n) is 4.23. The minimum Gasteiger partial charge on any atom is -0.381 e. The second-order valence-corrected chi connectivity index (χ2v) is 7.47. The molecule has 2 saturated heterocycles. The van der Waals surface area contributed by atoms with Crippen LogP contribution in [0.5, 0.6) is 0 Å². The van der Waals surface area contributed by atoms with Crippen molar-refractivity contribution in [1.82, 2.24) is 19.4 Å². The van der Waals surface area contributed by atoms with Gasteiger partial charge in [-0.3, -0.25) is 9.80 Å². The summed E-state index contributed by atoms with van der Waals surface area (Å²) in [5.41, 5.74) is 1.27. The Kier molecular flexibility index (Phi) is 4.97. The van der Waals surface area contributed by atoms with Crippen LogP contribution in [0.1, 0.15) is 43.6 Å². The van der Waals surface area contributed by atoms with Crippen molar-refractivity contribution in [2.45, 2.75) is 51.7 Å². The SMILES string of the molecule is c1c(CN2CCCCC2)nc2n1CCN(CC1CCOCC1)C2. The summed E-state index contributed by atoms with van der Waals surface area (Å²) in [5, 5.41) is 0. The highest BCUT2D eigenvalue weighted by atomic mass is 16.5. The number of fused-ring (bicyclic) bond motifs is 1. The molecule has 0 atom stereocenters. The van der Waals surface area contributed by atoms with E-state index in [-0.39, 0.29) is 0 Å². The van der Waals surface area contributed by atoms with Gasteiger partial charge in [0.05, 0.1) is 12.2 Å². The molecule has 0 spiro atoms. The summed E-state index contributed by atoms with van der Waals surface area (Å²) < 4.78 is 7.87. The highest BCUT2D eigenvalue weighted by Crippen LogP contribution is 2.20. The molecular weight excluding hydrogens is 288 g/mol. The number of imidazole rings is 1. The molecule has 0 unspecified atom stereocenters. The van der Waals surface area contributed by atoms with Crippen LogP contribution in [0.3, 0.4) is 0 Å². The normalized spacial score (nSPS) is 24.7. The molecule has 23 heavy (non-hydrogen) atoms. The summed E-state index contributed by atoms with van der Waals surface area (Å²) >= 11 is 0. The quantitative estimate of drug-likeness (QED) is 0.851. The monoisotopic (exact) mass is 318 g/mol.